The van der Waals surface area contributed by atoms with E-state index >= 15 is 0 Å². The summed E-state index contributed by atoms with van der Waals surface area (Å²) in [5, 5.41) is 10.5. The van der Waals surface area contributed by atoms with E-state index < -0.39 is 5.97 Å². The molecule has 6 rings (SSSR count). The number of aromatic nitrogens is 1. The fraction of sp³-hybridized carbons (Fsp3) is 0.229. The third-order valence-corrected chi connectivity index (χ3v) is 7.93. The van der Waals surface area contributed by atoms with Crippen LogP contribution in [0.1, 0.15) is 57.1 Å². The highest BCUT2D eigenvalue weighted by atomic mass is 19.1. The maximum absolute atomic E-state index is 14.0. The standard InChI is InChI=1S/C35H32FNO4/c1-23-7-16-31-32(34(23)41-22-25-5-3-2-4-6-25)30(21-24-8-10-27(11-9-24)35(38)39)33(26-17-19-40-20-18-26)37(31)29-14-12-28(36)13-15-29/h2-16,26H,17-22H2,1H3,(H,38,39). The summed E-state index contributed by atoms with van der Waals surface area (Å²) in [7, 11) is 0. The van der Waals surface area contributed by atoms with E-state index in [-0.39, 0.29) is 17.3 Å². The van der Waals surface area contributed by atoms with Crippen molar-refractivity contribution < 1.29 is 23.8 Å². The van der Waals surface area contributed by atoms with Crippen molar-refractivity contribution in [2.75, 3.05) is 13.2 Å². The Labute approximate surface area is 238 Å². The van der Waals surface area contributed by atoms with Crippen LogP contribution in [0.25, 0.3) is 16.6 Å². The molecule has 1 aliphatic heterocycles. The number of fused-ring (bicyclic) bond motifs is 1. The summed E-state index contributed by atoms with van der Waals surface area (Å²) < 4.78 is 28.7. The van der Waals surface area contributed by atoms with Gasteiger partial charge in [0.25, 0.3) is 0 Å². The van der Waals surface area contributed by atoms with Gasteiger partial charge in [-0.3, -0.25) is 0 Å². The third-order valence-electron chi connectivity index (χ3n) is 7.93. The molecule has 208 valence electrons. The molecular weight excluding hydrogens is 517 g/mol. The molecule has 1 aromatic heterocycles. The summed E-state index contributed by atoms with van der Waals surface area (Å²) >= 11 is 0. The quantitative estimate of drug-likeness (QED) is 0.214. The van der Waals surface area contributed by atoms with Gasteiger partial charge in [0, 0.05) is 35.9 Å². The largest absolute Gasteiger partial charge is 0.488 e. The molecule has 0 bridgehead atoms. The summed E-state index contributed by atoms with van der Waals surface area (Å²) in [4.78, 5) is 11.5. The number of carbonyl (C=O) groups is 1. The first-order valence-electron chi connectivity index (χ1n) is 14.0. The Hall–Kier alpha value is -4.42. The lowest BCUT2D eigenvalue weighted by Crippen LogP contribution is -2.18. The molecular formula is C35H32FNO4. The zero-order valence-corrected chi connectivity index (χ0v) is 23.0. The van der Waals surface area contributed by atoms with Gasteiger partial charge in [0.15, 0.2) is 0 Å². The molecule has 1 N–H and O–H groups in total. The number of carboxylic acid groups (broad SMARTS) is 1. The molecule has 0 saturated carbocycles. The topological polar surface area (TPSA) is 60.7 Å². The van der Waals surface area contributed by atoms with E-state index in [1.165, 1.54) is 17.8 Å². The van der Waals surface area contributed by atoms with Gasteiger partial charge in [-0.2, -0.15) is 0 Å². The van der Waals surface area contributed by atoms with Crippen molar-refractivity contribution in [2.45, 2.75) is 38.7 Å². The Kier molecular flexibility index (Phi) is 7.57. The van der Waals surface area contributed by atoms with E-state index in [9.17, 15) is 14.3 Å². The van der Waals surface area contributed by atoms with Gasteiger partial charge in [-0.25, -0.2) is 9.18 Å². The van der Waals surface area contributed by atoms with Gasteiger partial charge in [-0.15, -0.1) is 0 Å². The van der Waals surface area contributed by atoms with Gasteiger partial charge < -0.3 is 19.1 Å². The predicted molar refractivity (Wildman–Crippen MR) is 158 cm³/mol. The van der Waals surface area contributed by atoms with Gasteiger partial charge in [0.2, 0.25) is 0 Å². The van der Waals surface area contributed by atoms with Crippen LogP contribution in [0, 0.1) is 12.7 Å². The van der Waals surface area contributed by atoms with E-state index in [4.69, 9.17) is 9.47 Å². The number of ether oxygens (including phenoxy) is 2. The fourth-order valence-corrected chi connectivity index (χ4v) is 5.88. The van der Waals surface area contributed by atoms with Gasteiger partial charge in [-0.05, 0) is 90.9 Å². The molecule has 5 aromatic rings. The highest BCUT2D eigenvalue weighted by molar-refractivity contribution is 5.94. The van der Waals surface area contributed by atoms with Crippen molar-refractivity contribution >= 4 is 16.9 Å². The second-order valence-electron chi connectivity index (χ2n) is 10.6. The minimum Gasteiger partial charge on any atom is -0.488 e. The molecule has 0 amide bonds. The summed E-state index contributed by atoms with van der Waals surface area (Å²) in [6.07, 6.45) is 2.35. The molecule has 2 heterocycles. The summed E-state index contributed by atoms with van der Waals surface area (Å²) in [6.45, 7) is 3.86. The predicted octanol–water partition coefficient (Wildman–Crippen LogP) is 7.84. The van der Waals surface area contributed by atoms with Crippen LogP contribution in [0.2, 0.25) is 0 Å². The van der Waals surface area contributed by atoms with Gasteiger partial charge in [-0.1, -0.05) is 48.5 Å². The molecule has 5 nitrogen and oxygen atoms in total. The maximum atomic E-state index is 14.0. The molecule has 0 spiro atoms. The van der Waals surface area contributed by atoms with E-state index in [1.807, 2.05) is 42.5 Å². The average Bonchev–Trinajstić information content (AvgIpc) is 3.32. The van der Waals surface area contributed by atoms with E-state index in [2.05, 4.69) is 35.8 Å². The normalized spacial score (nSPS) is 13.9. The number of aryl methyl sites for hydroxylation is 1. The van der Waals surface area contributed by atoms with Crippen molar-refractivity contribution in [3.8, 4) is 11.4 Å². The lowest BCUT2D eigenvalue weighted by Gasteiger charge is -2.26. The number of aromatic carboxylic acids is 1. The molecule has 1 aliphatic rings. The van der Waals surface area contributed by atoms with Gasteiger partial charge >= 0.3 is 5.97 Å². The first-order chi connectivity index (χ1) is 20.0. The zero-order chi connectivity index (χ0) is 28.3. The second kappa shape index (κ2) is 11.6. The van der Waals surface area contributed by atoms with Crippen LogP contribution in [0.5, 0.6) is 5.75 Å². The Bertz CT molecular complexity index is 1670. The van der Waals surface area contributed by atoms with E-state index in [0.717, 1.165) is 57.4 Å². The second-order valence-corrected chi connectivity index (χ2v) is 10.6. The van der Waals surface area contributed by atoms with Crippen molar-refractivity contribution in [1.29, 1.82) is 0 Å². The van der Waals surface area contributed by atoms with Crippen LogP contribution in [0.4, 0.5) is 4.39 Å². The van der Waals surface area contributed by atoms with Gasteiger partial charge in [0.05, 0.1) is 11.1 Å². The summed E-state index contributed by atoms with van der Waals surface area (Å²) in [5.41, 5.74) is 7.60. The number of rotatable bonds is 8. The first-order valence-corrected chi connectivity index (χ1v) is 14.0. The fourth-order valence-electron chi connectivity index (χ4n) is 5.88. The number of nitrogens with zero attached hydrogens (tertiary/aromatic N) is 1. The van der Waals surface area contributed by atoms with Crippen molar-refractivity contribution in [1.82, 2.24) is 4.57 Å². The Morgan fingerprint density at radius 3 is 2.32 bits per heavy atom. The average molecular weight is 550 g/mol. The van der Waals surface area contributed by atoms with E-state index in [0.29, 0.717) is 26.2 Å². The van der Waals surface area contributed by atoms with Crippen LogP contribution < -0.4 is 4.74 Å². The number of carboxylic acids is 1. The maximum Gasteiger partial charge on any atom is 0.335 e. The van der Waals surface area contributed by atoms with Crippen LogP contribution >= 0.6 is 0 Å². The number of benzene rings is 4. The van der Waals surface area contributed by atoms with Gasteiger partial charge in [0.1, 0.15) is 18.2 Å². The Morgan fingerprint density at radius 2 is 1.63 bits per heavy atom. The molecule has 41 heavy (non-hydrogen) atoms. The smallest absolute Gasteiger partial charge is 0.335 e. The number of halogens is 1. The van der Waals surface area contributed by atoms with Crippen LogP contribution in [0.3, 0.4) is 0 Å². The highest BCUT2D eigenvalue weighted by Crippen LogP contribution is 2.44. The first kappa shape index (κ1) is 26.8. The number of hydrogen-bond acceptors (Lipinski definition) is 3. The Balaban J connectivity index is 1.59. The van der Waals surface area contributed by atoms with Crippen molar-refractivity contribution in [3.63, 3.8) is 0 Å². The van der Waals surface area contributed by atoms with Crippen LogP contribution in [0.15, 0.2) is 91.0 Å². The van der Waals surface area contributed by atoms with Crippen LogP contribution in [-0.2, 0) is 17.8 Å². The zero-order valence-electron chi connectivity index (χ0n) is 23.0. The lowest BCUT2D eigenvalue weighted by atomic mass is 9.89. The SMILES string of the molecule is Cc1ccc2c(c(Cc3ccc(C(=O)O)cc3)c(C3CCOCC3)n2-c2ccc(F)cc2)c1OCc1ccccc1. The summed E-state index contributed by atoms with van der Waals surface area (Å²) in [5.74, 6) is -0.159. The Morgan fingerprint density at radius 1 is 0.927 bits per heavy atom. The molecule has 1 fully saturated rings. The molecule has 4 aromatic carbocycles. The molecule has 0 unspecified atom stereocenters. The number of hydrogen-bond donors (Lipinski definition) is 1. The summed E-state index contributed by atoms with van der Waals surface area (Å²) in [6, 6.07) is 28.1. The minimum atomic E-state index is -0.945. The van der Waals surface area contributed by atoms with Crippen molar-refractivity contribution in [2.24, 2.45) is 0 Å². The monoisotopic (exact) mass is 549 g/mol. The van der Waals surface area contributed by atoms with E-state index in [1.54, 1.807) is 12.1 Å². The lowest BCUT2D eigenvalue weighted by molar-refractivity contribution is 0.0697. The molecule has 0 aliphatic carbocycles. The molecule has 1 saturated heterocycles. The third kappa shape index (κ3) is 5.48. The van der Waals surface area contributed by atoms with Crippen LogP contribution in [-0.4, -0.2) is 28.9 Å². The highest BCUT2D eigenvalue weighted by Gasteiger charge is 2.29. The molecule has 0 atom stereocenters. The van der Waals surface area contributed by atoms with Crippen molar-refractivity contribution in [3.05, 3.63) is 130 Å². The molecule has 0 radical (unpaired) electrons. The molecule has 6 heteroatoms. The minimum absolute atomic E-state index is 0.233.